The summed E-state index contributed by atoms with van der Waals surface area (Å²) >= 11 is 0. The minimum absolute atomic E-state index is 0.749. The lowest BCUT2D eigenvalue weighted by Gasteiger charge is -2.01. The summed E-state index contributed by atoms with van der Waals surface area (Å²) in [7, 11) is 1.93. The van der Waals surface area contributed by atoms with Gasteiger partial charge in [0.2, 0.25) is 0 Å². The van der Waals surface area contributed by atoms with Crippen LogP contribution in [0.25, 0.3) is 16.9 Å². The van der Waals surface area contributed by atoms with E-state index < -0.39 is 0 Å². The third kappa shape index (κ3) is 1.99. The Hall–Kier alpha value is -2.56. The summed E-state index contributed by atoms with van der Waals surface area (Å²) < 4.78 is 3.68. The molecule has 19 heavy (non-hydrogen) atoms. The summed E-state index contributed by atoms with van der Waals surface area (Å²) in [6, 6.07) is 9.61. The summed E-state index contributed by atoms with van der Waals surface area (Å²) in [5.41, 5.74) is 10.5. The van der Waals surface area contributed by atoms with Gasteiger partial charge in [-0.05, 0) is 37.3 Å². The van der Waals surface area contributed by atoms with E-state index in [1.54, 1.807) is 0 Å². The second-order valence-corrected chi connectivity index (χ2v) is 4.50. The zero-order valence-corrected chi connectivity index (χ0v) is 10.9. The smallest absolute Gasteiger partial charge is 0.0961 e. The van der Waals surface area contributed by atoms with E-state index in [1.807, 2.05) is 66.1 Å². The summed E-state index contributed by atoms with van der Waals surface area (Å²) in [4.78, 5) is 0. The van der Waals surface area contributed by atoms with Crippen molar-refractivity contribution in [2.75, 3.05) is 5.73 Å². The van der Waals surface area contributed by atoms with Gasteiger partial charge in [-0.3, -0.25) is 4.68 Å². The molecule has 0 bridgehead atoms. The molecule has 0 radical (unpaired) electrons. The second-order valence-electron chi connectivity index (χ2n) is 4.50. The van der Waals surface area contributed by atoms with Crippen molar-refractivity contribution in [1.82, 2.24) is 19.6 Å². The third-order valence-electron chi connectivity index (χ3n) is 3.26. The summed E-state index contributed by atoms with van der Waals surface area (Å²) in [5.74, 6) is 0. The van der Waals surface area contributed by atoms with Crippen molar-refractivity contribution in [3.63, 3.8) is 0 Å². The fourth-order valence-corrected chi connectivity index (χ4v) is 1.99. The van der Waals surface area contributed by atoms with Crippen molar-refractivity contribution in [2.24, 2.45) is 7.05 Å². The van der Waals surface area contributed by atoms with Crippen molar-refractivity contribution < 1.29 is 0 Å². The largest absolute Gasteiger partial charge is 0.399 e. The van der Waals surface area contributed by atoms with E-state index in [9.17, 15) is 0 Å². The Kier molecular flexibility index (Phi) is 2.59. The van der Waals surface area contributed by atoms with Crippen LogP contribution in [0.4, 0.5) is 5.69 Å². The lowest BCUT2D eigenvalue weighted by molar-refractivity contribution is 0.740. The first kappa shape index (κ1) is 11.5. The van der Waals surface area contributed by atoms with Gasteiger partial charge in [-0.2, -0.15) is 10.2 Å². The van der Waals surface area contributed by atoms with Gasteiger partial charge in [0.15, 0.2) is 0 Å². The van der Waals surface area contributed by atoms with Crippen molar-refractivity contribution >= 4 is 5.69 Å². The number of nitrogen functional groups attached to an aromatic ring is 1. The van der Waals surface area contributed by atoms with Gasteiger partial charge in [-0.1, -0.05) is 0 Å². The second kappa shape index (κ2) is 4.28. The molecular formula is C14H15N5. The number of nitrogens with zero attached hydrogens (tertiary/aromatic N) is 4. The molecule has 5 heteroatoms. The third-order valence-corrected chi connectivity index (χ3v) is 3.26. The van der Waals surface area contributed by atoms with E-state index in [2.05, 4.69) is 10.2 Å². The number of aryl methyl sites for hydroxylation is 1. The van der Waals surface area contributed by atoms with Gasteiger partial charge in [0.05, 0.1) is 17.6 Å². The zero-order chi connectivity index (χ0) is 13.4. The maximum absolute atomic E-state index is 5.68. The molecule has 1 aromatic carbocycles. The maximum atomic E-state index is 5.68. The molecule has 0 spiro atoms. The summed E-state index contributed by atoms with van der Waals surface area (Å²) in [5, 5.41) is 8.81. The van der Waals surface area contributed by atoms with Crippen LogP contribution in [0.1, 0.15) is 5.69 Å². The number of benzene rings is 1. The van der Waals surface area contributed by atoms with Crippen molar-refractivity contribution in [3.05, 3.63) is 48.4 Å². The van der Waals surface area contributed by atoms with Crippen LogP contribution in [0.5, 0.6) is 0 Å². The minimum Gasteiger partial charge on any atom is -0.399 e. The van der Waals surface area contributed by atoms with E-state index in [4.69, 9.17) is 5.73 Å². The first-order chi connectivity index (χ1) is 9.15. The Labute approximate surface area is 111 Å². The number of hydrogen-bond acceptors (Lipinski definition) is 3. The Morgan fingerprint density at radius 1 is 1.11 bits per heavy atom. The average molecular weight is 253 g/mol. The molecular weight excluding hydrogens is 238 g/mol. The molecule has 5 nitrogen and oxygen atoms in total. The van der Waals surface area contributed by atoms with E-state index >= 15 is 0 Å². The van der Waals surface area contributed by atoms with Crippen LogP contribution in [0.15, 0.2) is 42.7 Å². The Morgan fingerprint density at radius 2 is 1.84 bits per heavy atom. The molecule has 0 aliphatic carbocycles. The van der Waals surface area contributed by atoms with E-state index in [1.165, 1.54) is 0 Å². The van der Waals surface area contributed by atoms with Crippen LogP contribution in [0.2, 0.25) is 0 Å². The fourth-order valence-electron chi connectivity index (χ4n) is 1.99. The van der Waals surface area contributed by atoms with Crippen LogP contribution < -0.4 is 5.73 Å². The van der Waals surface area contributed by atoms with Crippen molar-refractivity contribution in [3.8, 4) is 16.9 Å². The highest BCUT2D eigenvalue weighted by Crippen LogP contribution is 2.21. The summed E-state index contributed by atoms with van der Waals surface area (Å²) in [6.45, 7) is 2.03. The molecule has 2 N–H and O–H groups in total. The van der Waals surface area contributed by atoms with E-state index in [0.717, 1.165) is 28.3 Å². The molecule has 0 fully saturated rings. The first-order valence-electron chi connectivity index (χ1n) is 6.06. The molecule has 2 aromatic heterocycles. The highest BCUT2D eigenvalue weighted by molar-refractivity contribution is 5.61. The predicted molar refractivity (Wildman–Crippen MR) is 74.9 cm³/mol. The molecule has 0 saturated heterocycles. The molecule has 96 valence electrons. The Bertz CT molecular complexity index is 706. The van der Waals surface area contributed by atoms with Crippen LogP contribution in [-0.2, 0) is 7.05 Å². The average Bonchev–Trinajstić information content (AvgIpc) is 2.99. The molecule has 0 aliphatic rings. The number of anilines is 1. The Balaban J connectivity index is 2.00. The van der Waals surface area contributed by atoms with Gasteiger partial charge >= 0.3 is 0 Å². The minimum atomic E-state index is 0.749. The fraction of sp³-hybridized carbons (Fsp3) is 0.143. The van der Waals surface area contributed by atoms with Gasteiger partial charge in [0.1, 0.15) is 0 Å². The van der Waals surface area contributed by atoms with Gasteiger partial charge < -0.3 is 5.73 Å². The maximum Gasteiger partial charge on any atom is 0.0961 e. The van der Waals surface area contributed by atoms with E-state index in [0.29, 0.717) is 0 Å². The van der Waals surface area contributed by atoms with Crippen LogP contribution in [0.3, 0.4) is 0 Å². The van der Waals surface area contributed by atoms with Crippen molar-refractivity contribution in [2.45, 2.75) is 6.92 Å². The first-order valence-corrected chi connectivity index (χ1v) is 6.06. The molecule has 0 aliphatic heterocycles. The van der Waals surface area contributed by atoms with E-state index in [-0.39, 0.29) is 0 Å². The number of rotatable bonds is 2. The lowest BCUT2D eigenvalue weighted by atomic mass is 10.2. The number of nitrogens with two attached hydrogens (primary N) is 1. The predicted octanol–water partition coefficient (Wildman–Crippen LogP) is 2.16. The normalized spacial score (nSPS) is 10.8. The number of aromatic nitrogens is 4. The van der Waals surface area contributed by atoms with Crippen molar-refractivity contribution in [1.29, 1.82) is 0 Å². The van der Waals surface area contributed by atoms with Gasteiger partial charge in [-0.15, -0.1) is 0 Å². The SMILES string of the molecule is Cc1c(-c2ccn(-c3ccc(N)cc3)n2)cnn1C. The lowest BCUT2D eigenvalue weighted by Crippen LogP contribution is -1.96. The summed E-state index contributed by atoms with van der Waals surface area (Å²) in [6.07, 6.45) is 3.78. The standard InChI is InChI=1S/C14H15N5/c1-10-13(9-16-18(10)2)14-7-8-19(17-14)12-5-3-11(15)4-6-12/h3-9H,15H2,1-2H3. The zero-order valence-electron chi connectivity index (χ0n) is 10.9. The molecule has 0 atom stereocenters. The van der Waals surface area contributed by atoms with Crippen LogP contribution in [-0.4, -0.2) is 19.6 Å². The molecule has 0 amide bonds. The monoisotopic (exact) mass is 253 g/mol. The van der Waals surface area contributed by atoms with Gasteiger partial charge in [0.25, 0.3) is 0 Å². The Morgan fingerprint density at radius 3 is 2.47 bits per heavy atom. The van der Waals surface area contributed by atoms with Gasteiger partial charge in [-0.25, -0.2) is 4.68 Å². The molecule has 2 heterocycles. The highest BCUT2D eigenvalue weighted by Gasteiger charge is 2.09. The highest BCUT2D eigenvalue weighted by atomic mass is 15.3. The molecule has 0 unspecified atom stereocenters. The number of hydrogen-bond donors (Lipinski definition) is 1. The van der Waals surface area contributed by atoms with Crippen LogP contribution in [0, 0.1) is 6.92 Å². The molecule has 3 rings (SSSR count). The topological polar surface area (TPSA) is 61.7 Å². The van der Waals surface area contributed by atoms with Gasteiger partial charge in [0, 0.05) is 30.2 Å². The quantitative estimate of drug-likeness (QED) is 0.712. The molecule has 0 saturated carbocycles. The van der Waals surface area contributed by atoms with Crippen LogP contribution >= 0.6 is 0 Å². The molecule has 3 aromatic rings.